The Labute approximate surface area is 120 Å². The molecule has 0 aliphatic carbocycles. The lowest BCUT2D eigenvalue weighted by molar-refractivity contribution is 0.798. The van der Waals surface area contributed by atoms with Crippen LogP contribution in [0.25, 0.3) is 5.95 Å². The van der Waals surface area contributed by atoms with Crippen molar-refractivity contribution in [3.63, 3.8) is 0 Å². The zero-order valence-electron chi connectivity index (χ0n) is 10.7. The molecule has 20 heavy (non-hydrogen) atoms. The zero-order chi connectivity index (χ0) is 13.9. The number of benzene rings is 1. The summed E-state index contributed by atoms with van der Waals surface area (Å²) in [5.41, 5.74) is 2.01. The Morgan fingerprint density at radius 3 is 2.70 bits per heavy atom. The molecule has 0 fully saturated rings. The monoisotopic (exact) mass is 286 g/mol. The molecule has 0 aliphatic heterocycles. The van der Waals surface area contributed by atoms with Crippen molar-refractivity contribution in [3.8, 4) is 5.95 Å². The summed E-state index contributed by atoms with van der Waals surface area (Å²) in [6.45, 7) is 2.00. The lowest BCUT2D eigenvalue weighted by atomic mass is 10.2. The van der Waals surface area contributed by atoms with E-state index in [1.165, 1.54) is 4.68 Å². The number of nitrogens with one attached hydrogen (secondary N) is 1. The Bertz CT molecular complexity index is 725. The number of aryl methyl sites for hydroxylation is 1. The molecule has 0 bridgehead atoms. The minimum atomic E-state index is 0.113. The second-order valence-corrected chi connectivity index (χ2v) is 4.46. The molecule has 0 spiro atoms. The minimum absolute atomic E-state index is 0.113. The van der Waals surface area contributed by atoms with E-state index in [1.54, 1.807) is 18.5 Å². The standard InChI is InChI=1S/C13H11ClN6/c1-9-5-2-3-6-10(9)16-12-17-11(14)18-13(19-12)20-8-4-7-15-20/h2-8H,1H3,(H,16,17,18,19). The van der Waals surface area contributed by atoms with Crippen molar-refractivity contribution in [2.45, 2.75) is 6.92 Å². The molecule has 100 valence electrons. The van der Waals surface area contributed by atoms with E-state index < -0.39 is 0 Å². The van der Waals surface area contributed by atoms with Gasteiger partial charge in [0.05, 0.1) is 0 Å². The second-order valence-electron chi connectivity index (χ2n) is 4.12. The summed E-state index contributed by atoms with van der Waals surface area (Å²) in [5, 5.41) is 7.31. The summed E-state index contributed by atoms with van der Waals surface area (Å²) in [6.07, 6.45) is 3.38. The van der Waals surface area contributed by atoms with Crippen molar-refractivity contribution in [2.24, 2.45) is 0 Å². The summed E-state index contributed by atoms with van der Waals surface area (Å²) in [6, 6.07) is 9.63. The van der Waals surface area contributed by atoms with Gasteiger partial charge in [-0.2, -0.15) is 20.1 Å². The van der Waals surface area contributed by atoms with Crippen molar-refractivity contribution in [1.29, 1.82) is 0 Å². The van der Waals surface area contributed by atoms with Gasteiger partial charge in [0.1, 0.15) is 0 Å². The predicted molar refractivity (Wildman–Crippen MR) is 76.4 cm³/mol. The van der Waals surface area contributed by atoms with Gasteiger partial charge < -0.3 is 5.32 Å². The summed E-state index contributed by atoms with van der Waals surface area (Å²) in [7, 11) is 0. The Balaban J connectivity index is 1.97. The normalized spacial score (nSPS) is 10.5. The van der Waals surface area contributed by atoms with Crippen LogP contribution in [0.3, 0.4) is 0 Å². The quantitative estimate of drug-likeness (QED) is 0.802. The smallest absolute Gasteiger partial charge is 0.256 e. The molecule has 2 heterocycles. The molecule has 1 N–H and O–H groups in total. The van der Waals surface area contributed by atoms with E-state index in [2.05, 4.69) is 25.4 Å². The van der Waals surface area contributed by atoms with Crippen LogP contribution in [-0.2, 0) is 0 Å². The average molecular weight is 287 g/mol. The van der Waals surface area contributed by atoms with Gasteiger partial charge >= 0.3 is 0 Å². The van der Waals surface area contributed by atoms with Crippen molar-refractivity contribution < 1.29 is 0 Å². The van der Waals surface area contributed by atoms with E-state index in [9.17, 15) is 0 Å². The third kappa shape index (κ3) is 2.60. The van der Waals surface area contributed by atoms with Gasteiger partial charge in [0.2, 0.25) is 11.2 Å². The highest BCUT2D eigenvalue weighted by atomic mass is 35.5. The predicted octanol–water partition coefficient (Wildman–Crippen LogP) is 2.76. The van der Waals surface area contributed by atoms with Crippen LogP contribution in [0.2, 0.25) is 5.28 Å². The third-order valence-electron chi connectivity index (χ3n) is 2.70. The van der Waals surface area contributed by atoms with E-state index in [-0.39, 0.29) is 5.28 Å². The Morgan fingerprint density at radius 1 is 1.10 bits per heavy atom. The summed E-state index contributed by atoms with van der Waals surface area (Å²) >= 11 is 5.93. The number of nitrogens with zero attached hydrogens (tertiary/aromatic N) is 5. The number of halogens is 1. The molecule has 6 nitrogen and oxygen atoms in total. The minimum Gasteiger partial charge on any atom is -0.324 e. The Hall–Kier alpha value is -2.47. The summed E-state index contributed by atoms with van der Waals surface area (Å²) in [4.78, 5) is 12.4. The summed E-state index contributed by atoms with van der Waals surface area (Å²) < 4.78 is 1.52. The van der Waals surface area contributed by atoms with E-state index in [0.29, 0.717) is 11.9 Å². The fourth-order valence-electron chi connectivity index (χ4n) is 1.72. The molecule has 0 aliphatic rings. The number of para-hydroxylation sites is 1. The van der Waals surface area contributed by atoms with Gasteiger partial charge in [-0.1, -0.05) is 18.2 Å². The van der Waals surface area contributed by atoms with Gasteiger partial charge in [-0.3, -0.25) is 0 Å². The number of rotatable bonds is 3. The highest BCUT2D eigenvalue weighted by molar-refractivity contribution is 6.28. The maximum atomic E-state index is 5.93. The van der Waals surface area contributed by atoms with Crippen molar-refractivity contribution in [1.82, 2.24) is 24.7 Å². The molecular formula is C13H11ClN6. The van der Waals surface area contributed by atoms with Crippen LogP contribution in [0.15, 0.2) is 42.7 Å². The number of anilines is 2. The van der Waals surface area contributed by atoms with Crippen LogP contribution in [0.4, 0.5) is 11.6 Å². The maximum absolute atomic E-state index is 5.93. The van der Waals surface area contributed by atoms with Crippen LogP contribution >= 0.6 is 11.6 Å². The molecule has 3 aromatic rings. The SMILES string of the molecule is Cc1ccccc1Nc1nc(Cl)nc(-n2cccn2)n1. The van der Waals surface area contributed by atoms with Crippen LogP contribution in [0.1, 0.15) is 5.56 Å². The topological polar surface area (TPSA) is 68.5 Å². The molecule has 0 saturated heterocycles. The molecule has 0 radical (unpaired) electrons. The highest BCUT2D eigenvalue weighted by Crippen LogP contribution is 2.18. The molecule has 2 aromatic heterocycles. The summed E-state index contributed by atoms with van der Waals surface area (Å²) in [5.74, 6) is 0.746. The molecule has 1 aromatic carbocycles. The first-order valence-corrected chi connectivity index (χ1v) is 6.34. The molecule has 7 heteroatoms. The van der Waals surface area contributed by atoms with Gasteiger partial charge in [0.25, 0.3) is 5.95 Å². The number of aromatic nitrogens is 5. The Morgan fingerprint density at radius 2 is 1.95 bits per heavy atom. The van der Waals surface area contributed by atoms with Crippen LogP contribution < -0.4 is 5.32 Å². The van der Waals surface area contributed by atoms with Gasteiger partial charge in [-0.25, -0.2) is 4.68 Å². The first kappa shape index (κ1) is 12.6. The lowest BCUT2D eigenvalue weighted by Crippen LogP contribution is -2.07. The fraction of sp³-hybridized carbons (Fsp3) is 0.0769. The maximum Gasteiger partial charge on any atom is 0.256 e. The van der Waals surface area contributed by atoms with E-state index in [4.69, 9.17) is 11.6 Å². The molecule has 0 atom stereocenters. The largest absolute Gasteiger partial charge is 0.324 e. The molecule has 0 saturated carbocycles. The van der Waals surface area contributed by atoms with Crippen molar-refractivity contribution in [2.75, 3.05) is 5.32 Å². The van der Waals surface area contributed by atoms with E-state index >= 15 is 0 Å². The first-order chi connectivity index (χ1) is 9.72. The van der Waals surface area contributed by atoms with E-state index in [0.717, 1.165) is 11.3 Å². The highest BCUT2D eigenvalue weighted by Gasteiger charge is 2.08. The molecule has 0 amide bonds. The van der Waals surface area contributed by atoms with Gasteiger partial charge in [-0.05, 0) is 36.2 Å². The van der Waals surface area contributed by atoms with E-state index in [1.807, 2.05) is 31.2 Å². The van der Waals surface area contributed by atoms with Crippen LogP contribution in [0, 0.1) is 6.92 Å². The molecular weight excluding hydrogens is 276 g/mol. The first-order valence-electron chi connectivity index (χ1n) is 5.96. The molecule has 3 rings (SSSR count). The number of hydrogen-bond acceptors (Lipinski definition) is 5. The Kier molecular flexibility index (Phi) is 3.30. The number of hydrogen-bond donors (Lipinski definition) is 1. The van der Waals surface area contributed by atoms with Crippen LogP contribution in [-0.4, -0.2) is 24.7 Å². The fourth-order valence-corrected chi connectivity index (χ4v) is 1.87. The van der Waals surface area contributed by atoms with Crippen molar-refractivity contribution in [3.05, 3.63) is 53.6 Å². The van der Waals surface area contributed by atoms with Crippen LogP contribution in [0.5, 0.6) is 0 Å². The lowest BCUT2D eigenvalue weighted by Gasteiger charge is -2.08. The average Bonchev–Trinajstić information content (AvgIpc) is 2.95. The van der Waals surface area contributed by atoms with Gasteiger partial charge in [0.15, 0.2) is 0 Å². The van der Waals surface area contributed by atoms with Gasteiger partial charge in [0, 0.05) is 18.1 Å². The second kappa shape index (κ2) is 5.26. The van der Waals surface area contributed by atoms with Gasteiger partial charge in [-0.15, -0.1) is 0 Å². The molecule has 0 unspecified atom stereocenters. The zero-order valence-corrected chi connectivity index (χ0v) is 11.4. The van der Waals surface area contributed by atoms with Crippen molar-refractivity contribution >= 4 is 23.2 Å². The third-order valence-corrected chi connectivity index (χ3v) is 2.87.